The molecule has 0 aromatic heterocycles. The highest BCUT2D eigenvalue weighted by molar-refractivity contribution is 6.31. The Morgan fingerprint density at radius 3 is 2.33 bits per heavy atom. The zero-order chi connectivity index (χ0) is 17.3. The average molecular weight is 364 g/mol. The van der Waals surface area contributed by atoms with E-state index in [9.17, 15) is 4.79 Å². The Kier molecular flexibility index (Phi) is 5.02. The van der Waals surface area contributed by atoms with Gasteiger partial charge in [0.1, 0.15) is 5.75 Å². The van der Waals surface area contributed by atoms with Gasteiger partial charge in [0.25, 0.3) is 0 Å². The van der Waals surface area contributed by atoms with E-state index in [0.717, 1.165) is 36.1 Å². The smallest absolute Gasteiger partial charge is 0.227 e. The second-order valence-electron chi connectivity index (χ2n) is 6.23. The largest absolute Gasteiger partial charge is 0.455 e. The van der Waals surface area contributed by atoms with Gasteiger partial charge >= 0.3 is 0 Å². The molecule has 1 N–H and O–H groups in total. The fraction of sp³-hybridized carbons (Fsp3) is 0.316. The fourth-order valence-corrected chi connectivity index (χ4v) is 3.26. The van der Waals surface area contributed by atoms with Crippen molar-refractivity contribution in [3.05, 3.63) is 51.5 Å². The van der Waals surface area contributed by atoms with Crippen molar-refractivity contribution in [3.63, 3.8) is 0 Å². The molecule has 0 atom stereocenters. The summed E-state index contributed by atoms with van der Waals surface area (Å²) in [6, 6.07) is 8.94. The van der Waals surface area contributed by atoms with Crippen LogP contribution in [0.4, 0.5) is 5.69 Å². The molecule has 1 fully saturated rings. The summed E-state index contributed by atoms with van der Waals surface area (Å²) in [6.07, 6.45) is 3.00. The SMILES string of the molecule is Cc1cc(Cl)cc(C)c1Oc1ccc(Cl)cc1NC(=O)C1CCC1. The molecule has 0 aliphatic heterocycles. The Balaban J connectivity index is 1.89. The van der Waals surface area contributed by atoms with Crippen molar-refractivity contribution >= 4 is 34.8 Å². The highest BCUT2D eigenvalue weighted by atomic mass is 35.5. The molecule has 0 radical (unpaired) electrons. The molecule has 0 heterocycles. The van der Waals surface area contributed by atoms with Crippen LogP contribution in [0.1, 0.15) is 30.4 Å². The molecule has 1 saturated carbocycles. The number of amides is 1. The molecular weight excluding hydrogens is 345 g/mol. The first kappa shape index (κ1) is 17.1. The molecule has 3 rings (SSSR count). The lowest BCUT2D eigenvalue weighted by Gasteiger charge is -2.24. The fourth-order valence-electron chi connectivity index (χ4n) is 2.76. The van der Waals surface area contributed by atoms with E-state index >= 15 is 0 Å². The molecule has 0 bridgehead atoms. The van der Waals surface area contributed by atoms with E-state index in [-0.39, 0.29) is 11.8 Å². The molecule has 1 aliphatic carbocycles. The van der Waals surface area contributed by atoms with Crippen LogP contribution in [0, 0.1) is 19.8 Å². The van der Waals surface area contributed by atoms with Gasteiger partial charge in [-0.2, -0.15) is 0 Å². The molecule has 126 valence electrons. The van der Waals surface area contributed by atoms with Gasteiger partial charge in [-0.3, -0.25) is 4.79 Å². The quantitative estimate of drug-likeness (QED) is 0.708. The van der Waals surface area contributed by atoms with Crippen LogP contribution in [0.15, 0.2) is 30.3 Å². The second kappa shape index (κ2) is 7.04. The summed E-state index contributed by atoms with van der Waals surface area (Å²) in [7, 11) is 0. The first-order valence-corrected chi connectivity index (χ1v) is 8.74. The molecule has 24 heavy (non-hydrogen) atoms. The summed E-state index contributed by atoms with van der Waals surface area (Å²) in [5.74, 6) is 1.43. The Morgan fingerprint density at radius 2 is 1.75 bits per heavy atom. The third-order valence-electron chi connectivity index (χ3n) is 4.31. The van der Waals surface area contributed by atoms with Crippen molar-refractivity contribution < 1.29 is 9.53 Å². The number of hydrogen-bond acceptors (Lipinski definition) is 2. The first-order valence-electron chi connectivity index (χ1n) is 7.99. The number of benzene rings is 2. The lowest BCUT2D eigenvalue weighted by molar-refractivity contribution is -0.122. The van der Waals surface area contributed by atoms with Crippen LogP contribution in [0.2, 0.25) is 10.0 Å². The van der Waals surface area contributed by atoms with Crippen LogP contribution in [-0.2, 0) is 4.79 Å². The normalized spacial score (nSPS) is 14.2. The molecule has 0 saturated heterocycles. The van der Waals surface area contributed by atoms with Crippen molar-refractivity contribution in [2.75, 3.05) is 5.32 Å². The predicted octanol–water partition coefficient (Wildman–Crippen LogP) is 6.14. The van der Waals surface area contributed by atoms with Gasteiger partial charge in [0.2, 0.25) is 5.91 Å². The van der Waals surface area contributed by atoms with Gasteiger partial charge in [0.15, 0.2) is 5.75 Å². The maximum atomic E-state index is 12.3. The van der Waals surface area contributed by atoms with Gasteiger partial charge in [-0.1, -0.05) is 29.6 Å². The molecule has 1 aliphatic rings. The maximum absolute atomic E-state index is 12.3. The summed E-state index contributed by atoms with van der Waals surface area (Å²) >= 11 is 12.2. The van der Waals surface area contributed by atoms with Crippen LogP contribution in [0.25, 0.3) is 0 Å². The van der Waals surface area contributed by atoms with Crippen molar-refractivity contribution in [1.82, 2.24) is 0 Å². The van der Waals surface area contributed by atoms with Gasteiger partial charge < -0.3 is 10.1 Å². The van der Waals surface area contributed by atoms with E-state index in [1.54, 1.807) is 18.2 Å². The van der Waals surface area contributed by atoms with Crippen LogP contribution >= 0.6 is 23.2 Å². The van der Waals surface area contributed by atoms with Crippen LogP contribution in [0.3, 0.4) is 0 Å². The van der Waals surface area contributed by atoms with E-state index in [1.165, 1.54) is 0 Å². The van der Waals surface area contributed by atoms with Crippen molar-refractivity contribution in [2.45, 2.75) is 33.1 Å². The predicted molar refractivity (Wildman–Crippen MR) is 98.4 cm³/mol. The standard InChI is InChI=1S/C19H19Cl2NO2/c1-11-8-15(21)9-12(2)18(11)24-17-7-6-14(20)10-16(17)22-19(23)13-4-3-5-13/h6-10,13H,3-5H2,1-2H3,(H,22,23). The second-order valence-corrected chi connectivity index (χ2v) is 7.10. The van der Waals surface area contributed by atoms with E-state index in [2.05, 4.69) is 5.32 Å². The molecule has 3 nitrogen and oxygen atoms in total. The molecule has 5 heteroatoms. The van der Waals surface area contributed by atoms with E-state index in [0.29, 0.717) is 21.5 Å². The molecule has 0 unspecified atom stereocenters. The van der Waals surface area contributed by atoms with Crippen LogP contribution < -0.4 is 10.1 Å². The first-order chi connectivity index (χ1) is 11.4. The van der Waals surface area contributed by atoms with E-state index in [4.69, 9.17) is 27.9 Å². The van der Waals surface area contributed by atoms with Crippen LogP contribution in [0.5, 0.6) is 11.5 Å². The van der Waals surface area contributed by atoms with Gasteiger partial charge in [0, 0.05) is 16.0 Å². The minimum atomic E-state index is 0.0258. The zero-order valence-electron chi connectivity index (χ0n) is 13.7. The number of nitrogens with one attached hydrogen (secondary N) is 1. The highest BCUT2D eigenvalue weighted by Gasteiger charge is 2.26. The lowest BCUT2D eigenvalue weighted by Crippen LogP contribution is -2.28. The number of hydrogen-bond donors (Lipinski definition) is 1. The number of carbonyl (C=O) groups is 1. The third kappa shape index (κ3) is 3.68. The molecule has 0 spiro atoms. The Labute approximate surface area is 151 Å². The lowest BCUT2D eigenvalue weighted by atomic mass is 9.85. The summed E-state index contributed by atoms with van der Waals surface area (Å²) in [6.45, 7) is 3.88. The molecule has 2 aromatic rings. The number of ether oxygens (including phenoxy) is 1. The maximum Gasteiger partial charge on any atom is 0.227 e. The van der Waals surface area contributed by atoms with Gasteiger partial charge in [0.05, 0.1) is 5.69 Å². The minimum absolute atomic E-state index is 0.0258. The van der Waals surface area contributed by atoms with Crippen molar-refractivity contribution in [3.8, 4) is 11.5 Å². The molecular formula is C19H19Cl2NO2. The van der Waals surface area contributed by atoms with E-state index in [1.807, 2.05) is 26.0 Å². The van der Waals surface area contributed by atoms with Crippen molar-refractivity contribution in [2.24, 2.45) is 5.92 Å². The monoisotopic (exact) mass is 363 g/mol. The molecule has 2 aromatic carbocycles. The number of rotatable bonds is 4. The Morgan fingerprint density at radius 1 is 1.08 bits per heavy atom. The third-order valence-corrected chi connectivity index (χ3v) is 4.77. The van der Waals surface area contributed by atoms with E-state index < -0.39 is 0 Å². The van der Waals surface area contributed by atoms with Crippen LogP contribution in [-0.4, -0.2) is 5.91 Å². The Bertz CT molecular complexity index is 762. The minimum Gasteiger partial charge on any atom is -0.455 e. The summed E-state index contributed by atoms with van der Waals surface area (Å²) < 4.78 is 6.08. The number of anilines is 1. The number of carbonyl (C=O) groups excluding carboxylic acids is 1. The number of halogens is 2. The Hall–Kier alpha value is -1.71. The number of aryl methyl sites for hydroxylation is 2. The summed E-state index contributed by atoms with van der Waals surface area (Å²) in [5.41, 5.74) is 2.46. The summed E-state index contributed by atoms with van der Waals surface area (Å²) in [5, 5.41) is 4.17. The highest BCUT2D eigenvalue weighted by Crippen LogP contribution is 2.37. The van der Waals surface area contributed by atoms with Gasteiger partial charge in [-0.25, -0.2) is 0 Å². The molecule has 1 amide bonds. The summed E-state index contributed by atoms with van der Waals surface area (Å²) in [4.78, 5) is 12.3. The zero-order valence-corrected chi connectivity index (χ0v) is 15.2. The van der Waals surface area contributed by atoms with Gasteiger partial charge in [-0.15, -0.1) is 0 Å². The van der Waals surface area contributed by atoms with Crippen molar-refractivity contribution in [1.29, 1.82) is 0 Å². The average Bonchev–Trinajstić information content (AvgIpc) is 2.42. The topological polar surface area (TPSA) is 38.3 Å². The van der Waals surface area contributed by atoms with Gasteiger partial charge in [-0.05, 0) is 68.1 Å².